The molecule has 2 aromatic rings. The molecule has 2 heterocycles. The molecular weight excluding hydrogens is 154 g/mol. The van der Waals surface area contributed by atoms with Crippen LogP contribution in [-0.4, -0.2) is 25.0 Å². The fourth-order valence-corrected chi connectivity index (χ4v) is 0.785. The van der Waals surface area contributed by atoms with Crippen LogP contribution in [0.3, 0.4) is 0 Å². The third-order valence-electron chi connectivity index (χ3n) is 1.32. The van der Waals surface area contributed by atoms with Crippen molar-refractivity contribution < 1.29 is 0 Å². The van der Waals surface area contributed by atoms with Gasteiger partial charge in [0.2, 0.25) is 0 Å². The van der Waals surface area contributed by atoms with E-state index in [2.05, 4.69) is 20.5 Å². The molecule has 64 valence electrons. The molecule has 5 heteroatoms. The predicted octanol–water partition coefficient (Wildman–Crippen LogP) is 0.854. The van der Waals surface area contributed by atoms with Crippen molar-refractivity contribution in [3.05, 3.63) is 18.2 Å². The third kappa shape index (κ3) is 1.39. The van der Waals surface area contributed by atoms with Gasteiger partial charge in [0.1, 0.15) is 11.8 Å². The molecule has 0 saturated heterocycles. The lowest BCUT2D eigenvalue weighted by molar-refractivity contribution is 0.804. The van der Waals surface area contributed by atoms with Gasteiger partial charge in [0.25, 0.3) is 0 Å². The van der Waals surface area contributed by atoms with Gasteiger partial charge in [0.05, 0.1) is 11.9 Å². The molecule has 0 fully saturated rings. The first-order chi connectivity index (χ1) is 5.88. The minimum absolute atomic E-state index is 0.870. The van der Waals surface area contributed by atoms with Crippen molar-refractivity contribution >= 4 is 5.52 Å². The Morgan fingerprint density at radius 1 is 1.25 bits per heavy atom. The second-order valence-corrected chi connectivity index (χ2v) is 1.98. The number of hydrogen-bond acceptors (Lipinski definition) is 4. The highest BCUT2D eigenvalue weighted by Crippen LogP contribution is 2.00. The Kier molecular flexibility index (Phi) is 2.68. The summed E-state index contributed by atoms with van der Waals surface area (Å²) < 4.78 is 1.59. The van der Waals surface area contributed by atoms with Gasteiger partial charge in [0, 0.05) is 0 Å². The van der Waals surface area contributed by atoms with Crippen LogP contribution in [0.25, 0.3) is 5.52 Å². The van der Waals surface area contributed by atoms with Gasteiger partial charge in [-0.25, -0.2) is 0 Å². The molecule has 0 N–H and O–H groups in total. The van der Waals surface area contributed by atoms with E-state index in [9.17, 15) is 0 Å². The van der Waals surface area contributed by atoms with Crippen LogP contribution in [-0.2, 0) is 0 Å². The number of aromatic nitrogens is 5. The maximum atomic E-state index is 3.83. The molecule has 0 spiro atoms. The lowest BCUT2D eigenvalue weighted by atomic mass is 10.4. The Hall–Kier alpha value is -1.52. The van der Waals surface area contributed by atoms with Gasteiger partial charge in [-0.05, 0) is 6.92 Å². The highest BCUT2D eigenvalue weighted by Gasteiger charge is 1.97. The fraction of sp³-hybridized carbons (Fsp3) is 0.429. The van der Waals surface area contributed by atoms with Crippen LogP contribution in [0.4, 0.5) is 0 Å². The Morgan fingerprint density at radius 2 is 2.00 bits per heavy atom. The number of nitrogens with zero attached hydrogens (tertiary/aromatic N) is 5. The van der Waals surface area contributed by atoms with Crippen LogP contribution in [0.5, 0.6) is 0 Å². The molecule has 12 heavy (non-hydrogen) atoms. The van der Waals surface area contributed by atoms with Crippen LogP contribution in [0.2, 0.25) is 0 Å². The maximum absolute atomic E-state index is 3.83. The molecule has 0 aromatic carbocycles. The minimum Gasteiger partial charge on any atom is -0.199 e. The zero-order chi connectivity index (χ0) is 8.97. The van der Waals surface area contributed by atoms with Crippen LogP contribution < -0.4 is 0 Å². The number of fused-ring (bicyclic) bond motifs is 1. The number of hydrogen-bond donors (Lipinski definition) is 0. The quantitative estimate of drug-likeness (QED) is 0.580. The monoisotopic (exact) mass is 165 g/mol. The molecule has 2 aromatic heterocycles. The van der Waals surface area contributed by atoms with E-state index in [1.165, 1.54) is 6.33 Å². The molecule has 0 saturated carbocycles. The zero-order valence-electron chi connectivity index (χ0n) is 7.39. The van der Waals surface area contributed by atoms with Crippen molar-refractivity contribution in [2.24, 2.45) is 0 Å². The topological polar surface area (TPSA) is 56.0 Å². The molecule has 0 aliphatic rings. The van der Waals surface area contributed by atoms with Gasteiger partial charge in [-0.2, -0.15) is 9.61 Å². The van der Waals surface area contributed by atoms with E-state index in [-0.39, 0.29) is 0 Å². The van der Waals surface area contributed by atoms with Crippen LogP contribution in [0.15, 0.2) is 12.5 Å². The van der Waals surface area contributed by atoms with Crippen molar-refractivity contribution in [1.29, 1.82) is 0 Å². The van der Waals surface area contributed by atoms with Crippen molar-refractivity contribution in [3.8, 4) is 0 Å². The van der Waals surface area contributed by atoms with Crippen LogP contribution in [0.1, 0.15) is 19.5 Å². The summed E-state index contributed by atoms with van der Waals surface area (Å²) in [5.41, 5.74) is 1.77. The molecule has 0 radical (unpaired) electrons. The molecule has 0 atom stereocenters. The lowest BCUT2D eigenvalue weighted by Crippen LogP contribution is -1.89. The maximum Gasteiger partial charge on any atom is 0.142 e. The molecule has 5 nitrogen and oxygen atoms in total. The smallest absolute Gasteiger partial charge is 0.142 e. The van der Waals surface area contributed by atoms with Gasteiger partial charge < -0.3 is 0 Å². The highest BCUT2D eigenvalue weighted by molar-refractivity contribution is 5.46. The summed E-state index contributed by atoms with van der Waals surface area (Å²) in [5, 5.41) is 14.9. The summed E-state index contributed by atoms with van der Waals surface area (Å²) >= 11 is 0. The van der Waals surface area contributed by atoms with Crippen molar-refractivity contribution in [2.45, 2.75) is 20.8 Å². The summed E-state index contributed by atoms with van der Waals surface area (Å²) in [7, 11) is 0. The number of aryl methyl sites for hydroxylation is 1. The number of rotatable bonds is 0. The third-order valence-corrected chi connectivity index (χ3v) is 1.32. The Labute approximate surface area is 70.4 Å². The highest BCUT2D eigenvalue weighted by atomic mass is 15.4. The molecule has 0 aliphatic carbocycles. The first-order valence-corrected chi connectivity index (χ1v) is 3.86. The first kappa shape index (κ1) is 8.58. The summed E-state index contributed by atoms with van der Waals surface area (Å²) in [5.74, 6) is 0. The summed E-state index contributed by atoms with van der Waals surface area (Å²) in [6, 6.07) is 0. The van der Waals surface area contributed by atoms with Crippen LogP contribution >= 0.6 is 0 Å². The first-order valence-electron chi connectivity index (χ1n) is 3.86. The van der Waals surface area contributed by atoms with Crippen molar-refractivity contribution in [2.75, 3.05) is 0 Å². The van der Waals surface area contributed by atoms with Gasteiger partial charge in [0.15, 0.2) is 0 Å². The van der Waals surface area contributed by atoms with Gasteiger partial charge in [-0.15, -0.1) is 10.2 Å². The zero-order valence-corrected chi connectivity index (χ0v) is 7.39. The lowest BCUT2D eigenvalue weighted by Gasteiger charge is -1.85. The predicted molar refractivity (Wildman–Crippen MR) is 44.7 cm³/mol. The van der Waals surface area contributed by atoms with E-state index >= 15 is 0 Å². The van der Waals surface area contributed by atoms with E-state index < -0.39 is 0 Å². The molecule has 2 rings (SSSR count). The Bertz CT molecular complexity index is 353. The Balaban J connectivity index is 0.000000336. The molecule has 0 aliphatic heterocycles. The van der Waals surface area contributed by atoms with E-state index in [4.69, 9.17) is 0 Å². The fourth-order valence-electron chi connectivity index (χ4n) is 0.785. The van der Waals surface area contributed by atoms with E-state index in [0.717, 1.165) is 11.2 Å². The summed E-state index contributed by atoms with van der Waals surface area (Å²) in [6.07, 6.45) is 3.16. The second-order valence-electron chi connectivity index (χ2n) is 1.98. The van der Waals surface area contributed by atoms with E-state index in [1.807, 2.05) is 20.8 Å². The summed E-state index contributed by atoms with van der Waals surface area (Å²) in [4.78, 5) is 0. The van der Waals surface area contributed by atoms with Gasteiger partial charge >= 0.3 is 0 Å². The average Bonchev–Trinajstić information content (AvgIpc) is 2.53. The Morgan fingerprint density at radius 3 is 2.67 bits per heavy atom. The normalized spacial score (nSPS) is 9.25. The SMILES string of the molecule is CC.Cc1nnn2cnncc12. The summed E-state index contributed by atoms with van der Waals surface area (Å²) in [6.45, 7) is 5.88. The minimum atomic E-state index is 0.870. The molecule has 0 amide bonds. The second kappa shape index (κ2) is 3.75. The largest absolute Gasteiger partial charge is 0.199 e. The van der Waals surface area contributed by atoms with Gasteiger partial charge in [-0.1, -0.05) is 19.1 Å². The van der Waals surface area contributed by atoms with E-state index in [1.54, 1.807) is 10.7 Å². The standard InChI is InChI=1S/C5H5N5.C2H6/c1-4-5-2-6-7-3-10(5)9-8-4;1-2/h2-3H,1H3;1-2H3. The molecule has 0 unspecified atom stereocenters. The van der Waals surface area contributed by atoms with Crippen LogP contribution in [0, 0.1) is 6.92 Å². The molecule has 0 bridgehead atoms. The van der Waals surface area contributed by atoms with Crippen molar-refractivity contribution in [1.82, 2.24) is 25.0 Å². The van der Waals surface area contributed by atoms with Crippen molar-refractivity contribution in [3.63, 3.8) is 0 Å². The average molecular weight is 165 g/mol. The van der Waals surface area contributed by atoms with Gasteiger partial charge in [-0.3, -0.25) is 0 Å². The molecular formula is C7H11N5. The van der Waals surface area contributed by atoms with E-state index in [0.29, 0.717) is 0 Å².